The van der Waals surface area contributed by atoms with Crippen molar-refractivity contribution in [2.24, 2.45) is 25.6 Å². The Morgan fingerprint density at radius 1 is 0.578 bits per heavy atom. The van der Waals surface area contributed by atoms with E-state index in [9.17, 15) is 28.8 Å². The van der Waals surface area contributed by atoms with Crippen LogP contribution in [0.2, 0.25) is 0 Å². The second kappa shape index (κ2) is 23.9. The molecule has 0 saturated heterocycles. The second-order valence-corrected chi connectivity index (χ2v) is 17.7. The fourth-order valence-electron chi connectivity index (χ4n) is 5.97. The summed E-state index contributed by atoms with van der Waals surface area (Å²) in [5, 5.41) is 15.6. The number of amides is 2. The number of nitrogens with zero attached hydrogens (tertiary/aromatic N) is 2. The lowest BCUT2D eigenvalue weighted by Crippen LogP contribution is -2.50. The molecule has 20 heteroatoms. The lowest BCUT2D eigenvalue weighted by Gasteiger charge is -2.27. The third-order valence-electron chi connectivity index (χ3n) is 8.60. The molecule has 0 fully saturated rings. The number of carbonyl (C=O) groups is 6. The molecule has 4 aromatic rings. The summed E-state index contributed by atoms with van der Waals surface area (Å²) >= 11 is 0. The van der Waals surface area contributed by atoms with Gasteiger partial charge >= 0.3 is 36.1 Å². The number of carboxylic acid groups (broad SMARTS) is 1. The predicted molar refractivity (Wildman–Crippen MR) is 245 cm³/mol. The maximum Gasteiger partial charge on any atom is 0.408 e. The van der Waals surface area contributed by atoms with E-state index in [2.05, 4.69) is 10.6 Å². The molecule has 2 aromatic heterocycles. The molecule has 0 saturated carbocycles. The molecule has 2 aromatic carbocycles. The van der Waals surface area contributed by atoms with Gasteiger partial charge in [-0.15, -0.1) is 24.8 Å². The highest BCUT2D eigenvalue weighted by Crippen LogP contribution is 2.23. The van der Waals surface area contributed by atoms with Gasteiger partial charge in [-0.05, 0) is 85.6 Å². The summed E-state index contributed by atoms with van der Waals surface area (Å²) in [6.07, 6.45) is 2.51. The zero-order valence-electron chi connectivity index (χ0n) is 38.2. The first-order chi connectivity index (χ1) is 28.6. The van der Waals surface area contributed by atoms with Crippen LogP contribution in [0.15, 0.2) is 60.9 Å². The number of carbonyl (C=O) groups excluding carboxylic acids is 5. The highest BCUT2D eigenvalue weighted by molar-refractivity contribution is 5.88. The molecular formula is C44H64Cl2N6O12. The number of hydrogen-bond acceptors (Lipinski definition) is 13. The minimum atomic E-state index is -1.35. The van der Waals surface area contributed by atoms with Gasteiger partial charge in [0.1, 0.15) is 48.1 Å². The van der Waals surface area contributed by atoms with E-state index in [1.807, 2.05) is 84.2 Å². The van der Waals surface area contributed by atoms with Gasteiger partial charge in [0, 0.05) is 61.1 Å². The van der Waals surface area contributed by atoms with Crippen LogP contribution in [0.3, 0.4) is 0 Å². The highest BCUT2D eigenvalue weighted by atomic mass is 35.5. The van der Waals surface area contributed by atoms with E-state index in [-0.39, 0.29) is 31.2 Å². The molecular weight excluding hydrogens is 875 g/mol. The fraction of sp³-hybridized carbons (Fsp3) is 0.500. The number of carboxylic acids is 1. The molecule has 0 spiro atoms. The monoisotopic (exact) mass is 938 g/mol. The average Bonchev–Trinajstić information content (AvgIpc) is 3.64. The summed E-state index contributed by atoms with van der Waals surface area (Å²) in [5.41, 5.74) is 12.4. The van der Waals surface area contributed by atoms with Crippen LogP contribution in [0.4, 0.5) is 9.59 Å². The molecule has 0 aliphatic heterocycles. The first-order valence-electron chi connectivity index (χ1n) is 20.0. The van der Waals surface area contributed by atoms with Gasteiger partial charge in [-0.2, -0.15) is 0 Å². The van der Waals surface area contributed by atoms with Crippen molar-refractivity contribution in [1.29, 1.82) is 0 Å². The van der Waals surface area contributed by atoms with Crippen LogP contribution >= 0.6 is 24.8 Å². The Bertz CT molecular complexity index is 2220. The number of benzene rings is 2. The Kier molecular flexibility index (Phi) is 21.1. The minimum absolute atomic E-state index is 0. The SMILES string of the molecule is Cl.Cl.Cn1cc(C[C@@H](N)C(=O)OC[C@H](N)C(=O)O)c2ccccc21.Cn1cc(C[C@@H](NC(=O)OC(C)(C)C)C(=O)OC[C@H](NC(=O)OC(C)(C)C)C(=O)OC(C)(C)C)c2ccccc21. The molecule has 18 nitrogen and oxygen atoms in total. The van der Waals surface area contributed by atoms with Crippen molar-refractivity contribution in [3.63, 3.8) is 0 Å². The van der Waals surface area contributed by atoms with E-state index in [0.717, 1.165) is 32.9 Å². The standard InChI is InChI=1S/C29H43N3O8.C15H19N3O4.2ClH/c1-27(2,3)38-24(34)21(31-26(36)40-29(7,8)9)17-37-23(33)20(30-25(35)39-28(4,5)6)15-18-16-32(10)22-14-12-11-13-19(18)22;1-18-7-9(10-4-2-3-5-13(10)18)6-11(16)15(21)22-8-12(17)14(19)20;;/h11-14,16,20-21H,15,17H2,1-10H3,(H,30,35)(H,31,36);2-5,7,11-12H,6,8,16-17H2,1H3,(H,19,20);2*1H/t20-,21+;11-,12+;;/m11../s1. The molecule has 0 aliphatic carbocycles. The average molecular weight is 940 g/mol. The maximum atomic E-state index is 13.3. The molecule has 7 N–H and O–H groups in total. The number of rotatable bonds is 14. The van der Waals surface area contributed by atoms with E-state index in [0.29, 0.717) is 6.42 Å². The second-order valence-electron chi connectivity index (χ2n) is 17.7. The quantitative estimate of drug-likeness (QED) is 0.0801. The summed E-state index contributed by atoms with van der Waals surface area (Å²) in [7, 11) is 3.80. The van der Waals surface area contributed by atoms with E-state index in [4.69, 9.17) is 40.3 Å². The van der Waals surface area contributed by atoms with Gasteiger partial charge in [0.15, 0.2) is 6.04 Å². The summed E-state index contributed by atoms with van der Waals surface area (Å²) in [6, 6.07) is 10.8. The predicted octanol–water partition coefficient (Wildman–Crippen LogP) is 5.24. The number of aryl methyl sites for hydroxylation is 2. The third-order valence-corrected chi connectivity index (χ3v) is 8.60. The number of fused-ring (bicyclic) bond motifs is 2. The number of aliphatic carboxylic acids is 1. The van der Waals surface area contributed by atoms with Crippen molar-refractivity contribution < 1.29 is 57.6 Å². The van der Waals surface area contributed by atoms with Crippen LogP contribution in [-0.2, 0) is 69.8 Å². The third kappa shape index (κ3) is 18.3. The zero-order chi connectivity index (χ0) is 46.7. The molecule has 356 valence electrons. The Morgan fingerprint density at radius 2 is 0.984 bits per heavy atom. The fourth-order valence-corrected chi connectivity index (χ4v) is 5.97. The summed E-state index contributed by atoms with van der Waals surface area (Å²) in [4.78, 5) is 73.6. The van der Waals surface area contributed by atoms with Gasteiger partial charge in [-0.3, -0.25) is 9.59 Å². The highest BCUT2D eigenvalue weighted by Gasteiger charge is 2.33. The van der Waals surface area contributed by atoms with Crippen LogP contribution in [0.5, 0.6) is 0 Å². The summed E-state index contributed by atoms with van der Waals surface area (Å²) in [5.74, 6) is -3.52. The van der Waals surface area contributed by atoms with Gasteiger partial charge < -0.3 is 60.0 Å². The Labute approximate surface area is 385 Å². The van der Waals surface area contributed by atoms with Crippen molar-refractivity contribution >= 4 is 82.7 Å². The van der Waals surface area contributed by atoms with Crippen molar-refractivity contribution in [3.05, 3.63) is 72.1 Å². The normalized spacial score (nSPS) is 13.3. The number of alkyl carbamates (subject to hydrolysis) is 2. The minimum Gasteiger partial charge on any atom is -0.480 e. The van der Waals surface area contributed by atoms with E-state index < -0.39 is 90.2 Å². The maximum absolute atomic E-state index is 13.3. The largest absolute Gasteiger partial charge is 0.480 e. The van der Waals surface area contributed by atoms with Crippen molar-refractivity contribution in [2.45, 2.75) is 116 Å². The lowest BCUT2D eigenvalue weighted by molar-refractivity contribution is -0.161. The van der Waals surface area contributed by atoms with E-state index in [1.165, 1.54) is 0 Å². The zero-order valence-corrected chi connectivity index (χ0v) is 39.8. The molecule has 0 bridgehead atoms. The summed E-state index contributed by atoms with van der Waals surface area (Å²) < 4.78 is 30.2. The van der Waals surface area contributed by atoms with Crippen LogP contribution in [0.25, 0.3) is 21.8 Å². The smallest absolute Gasteiger partial charge is 0.408 e. The van der Waals surface area contributed by atoms with Gasteiger partial charge in [0.25, 0.3) is 0 Å². The van der Waals surface area contributed by atoms with Crippen LogP contribution in [0, 0.1) is 0 Å². The Hall–Kier alpha value is -5.56. The van der Waals surface area contributed by atoms with E-state index >= 15 is 0 Å². The molecule has 0 radical (unpaired) electrons. The topological polar surface area (TPSA) is 255 Å². The number of nitrogens with two attached hydrogens (primary N) is 2. The number of halogens is 2. The van der Waals surface area contributed by atoms with Crippen molar-refractivity contribution in [1.82, 2.24) is 19.8 Å². The Morgan fingerprint density at radius 3 is 1.42 bits per heavy atom. The number of aromatic nitrogens is 2. The van der Waals surface area contributed by atoms with Gasteiger partial charge in [0.05, 0.1) is 0 Å². The van der Waals surface area contributed by atoms with Crippen LogP contribution in [-0.4, -0.2) is 104 Å². The van der Waals surface area contributed by atoms with Crippen LogP contribution < -0.4 is 22.1 Å². The number of esters is 3. The molecule has 4 atom stereocenters. The molecule has 4 rings (SSSR count). The lowest BCUT2D eigenvalue weighted by atomic mass is 10.1. The Balaban J connectivity index is 0.000000722. The summed E-state index contributed by atoms with van der Waals surface area (Å²) in [6.45, 7) is 14.2. The van der Waals surface area contributed by atoms with Gasteiger partial charge in [0.2, 0.25) is 0 Å². The van der Waals surface area contributed by atoms with Gasteiger partial charge in [-0.25, -0.2) is 19.2 Å². The molecule has 2 heterocycles. The van der Waals surface area contributed by atoms with Crippen molar-refractivity contribution in [2.75, 3.05) is 13.2 Å². The van der Waals surface area contributed by atoms with E-state index in [1.54, 1.807) is 62.3 Å². The number of hydrogen-bond donors (Lipinski definition) is 5. The number of ether oxygens (including phenoxy) is 5. The first kappa shape index (κ1) is 56.5. The molecule has 0 aliphatic rings. The number of nitrogens with one attached hydrogen (secondary N) is 2. The molecule has 2 amide bonds. The molecule has 64 heavy (non-hydrogen) atoms. The van der Waals surface area contributed by atoms with Gasteiger partial charge in [-0.1, -0.05) is 36.4 Å². The number of para-hydroxylation sites is 2. The van der Waals surface area contributed by atoms with Crippen molar-refractivity contribution in [3.8, 4) is 0 Å². The first-order valence-corrected chi connectivity index (χ1v) is 20.0. The van der Waals surface area contributed by atoms with Crippen LogP contribution in [0.1, 0.15) is 73.4 Å². The molecule has 0 unspecified atom stereocenters.